The van der Waals surface area contributed by atoms with Crippen LogP contribution in [0.15, 0.2) is 18.2 Å². The minimum atomic E-state index is 0.643. The molecule has 0 bridgehead atoms. The van der Waals surface area contributed by atoms with Crippen molar-refractivity contribution in [2.24, 2.45) is 17.8 Å². The van der Waals surface area contributed by atoms with E-state index in [1.54, 1.807) is 0 Å². The van der Waals surface area contributed by atoms with Crippen molar-refractivity contribution in [3.05, 3.63) is 23.8 Å². The van der Waals surface area contributed by atoms with Gasteiger partial charge < -0.3 is 14.8 Å². The molecule has 0 radical (unpaired) electrons. The van der Waals surface area contributed by atoms with Gasteiger partial charge in [0.05, 0.1) is 0 Å². The van der Waals surface area contributed by atoms with Crippen molar-refractivity contribution < 1.29 is 9.47 Å². The first-order valence-electron chi connectivity index (χ1n) is 7.67. The molecule has 0 saturated carbocycles. The minimum Gasteiger partial charge on any atom is -0.486 e. The Morgan fingerprint density at radius 3 is 2.45 bits per heavy atom. The van der Waals surface area contributed by atoms with Crippen LogP contribution in [0.2, 0.25) is 0 Å². The van der Waals surface area contributed by atoms with E-state index in [0.29, 0.717) is 31.0 Å². The lowest BCUT2D eigenvalue weighted by Gasteiger charge is -2.26. The molecule has 1 aliphatic heterocycles. The van der Waals surface area contributed by atoms with Crippen molar-refractivity contribution in [2.45, 2.75) is 34.2 Å². The molecule has 20 heavy (non-hydrogen) atoms. The van der Waals surface area contributed by atoms with Crippen LogP contribution in [0.1, 0.15) is 33.3 Å². The van der Waals surface area contributed by atoms with Crippen LogP contribution in [0, 0.1) is 17.8 Å². The standard InChI is InChI=1S/C17H27NO2/c1-12(2)15(13(3)4)11-18-10-14-6-5-7-16-17(14)20-9-8-19-16/h5-7,12-13,15,18H,8-11H2,1-4H3. The molecule has 0 saturated heterocycles. The Kier molecular flexibility index (Phi) is 5.30. The average molecular weight is 277 g/mol. The van der Waals surface area contributed by atoms with Gasteiger partial charge in [-0.05, 0) is 30.4 Å². The third-order valence-corrected chi connectivity index (χ3v) is 4.06. The number of benzene rings is 1. The summed E-state index contributed by atoms with van der Waals surface area (Å²) in [6.07, 6.45) is 0. The lowest BCUT2D eigenvalue weighted by atomic mass is 9.85. The first-order chi connectivity index (χ1) is 9.59. The van der Waals surface area contributed by atoms with Gasteiger partial charge in [0.2, 0.25) is 0 Å². The molecule has 0 unspecified atom stereocenters. The molecule has 2 rings (SSSR count). The Hall–Kier alpha value is -1.22. The molecule has 0 aliphatic carbocycles. The van der Waals surface area contributed by atoms with E-state index in [2.05, 4.69) is 39.1 Å². The molecular formula is C17H27NO2. The lowest BCUT2D eigenvalue weighted by molar-refractivity contribution is 0.169. The third kappa shape index (κ3) is 3.66. The zero-order valence-electron chi connectivity index (χ0n) is 13.1. The molecule has 0 aromatic heterocycles. The fraction of sp³-hybridized carbons (Fsp3) is 0.647. The quantitative estimate of drug-likeness (QED) is 0.863. The van der Waals surface area contributed by atoms with Crippen molar-refractivity contribution in [1.29, 1.82) is 0 Å². The normalized spacial score (nSPS) is 14.3. The maximum absolute atomic E-state index is 5.74. The summed E-state index contributed by atoms with van der Waals surface area (Å²) in [7, 11) is 0. The molecule has 3 nitrogen and oxygen atoms in total. The zero-order chi connectivity index (χ0) is 14.5. The van der Waals surface area contributed by atoms with Crippen molar-refractivity contribution in [1.82, 2.24) is 5.32 Å². The predicted molar refractivity (Wildman–Crippen MR) is 82.3 cm³/mol. The fourth-order valence-electron chi connectivity index (χ4n) is 2.89. The van der Waals surface area contributed by atoms with E-state index in [1.165, 1.54) is 5.56 Å². The minimum absolute atomic E-state index is 0.643. The highest BCUT2D eigenvalue weighted by atomic mass is 16.6. The van der Waals surface area contributed by atoms with Crippen LogP contribution in [0.4, 0.5) is 0 Å². The van der Waals surface area contributed by atoms with Crippen LogP contribution in [0.3, 0.4) is 0 Å². The largest absolute Gasteiger partial charge is 0.486 e. The molecule has 112 valence electrons. The molecule has 1 N–H and O–H groups in total. The van der Waals surface area contributed by atoms with Gasteiger partial charge in [0.1, 0.15) is 13.2 Å². The monoisotopic (exact) mass is 277 g/mol. The molecule has 1 aromatic rings. The van der Waals surface area contributed by atoms with Crippen LogP contribution < -0.4 is 14.8 Å². The predicted octanol–water partition coefficient (Wildman–Crippen LogP) is 3.48. The molecular weight excluding hydrogens is 250 g/mol. The van der Waals surface area contributed by atoms with Gasteiger partial charge in [-0.25, -0.2) is 0 Å². The molecule has 1 aromatic carbocycles. The van der Waals surface area contributed by atoms with E-state index in [4.69, 9.17) is 9.47 Å². The van der Waals surface area contributed by atoms with Crippen molar-refractivity contribution >= 4 is 0 Å². The van der Waals surface area contributed by atoms with Crippen molar-refractivity contribution in [3.63, 3.8) is 0 Å². The van der Waals surface area contributed by atoms with E-state index in [9.17, 15) is 0 Å². The lowest BCUT2D eigenvalue weighted by Crippen LogP contribution is -2.29. The highest BCUT2D eigenvalue weighted by Crippen LogP contribution is 2.33. The zero-order valence-corrected chi connectivity index (χ0v) is 13.1. The molecule has 1 heterocycles. The second kappa shape index (κ2) is 6.98. The highest BCUT2D eigenvalue weighted by Gasteiger charge is 2.18. The number of hydrogen-bond acceptors (Lipinski definition) is 3. The van der Waals surface area contributed by atoms with E-state index < -0.39 is 0 Å². The summed E-state index contributed by atoms with van der Waals surface area (Å²) in [6, 6.07) is 6.12. The number of hydrogen-bond donors (Lipinski definition) is 1. The van der Waals surface area contributed by atoms with E-state index in [1.807, 2.05) is 12.1 Å². The summed E-state index contributed by atoms with van der Waals surface area (Å²) in [5, 5.41) is 3.58. The summed E-state index contributed by atoms with van der Waals surface area (Å²) in [5.41, 5.74) is 1.19. The smallest absolute Gasteiger partial charge is 0.165 e. The Morgan fingerprint density at radius 2 is 1.75 bits per heavy atom. The Bertz CT molecular complexity index is 421. The van der Waals surface area contributed by atoms with Gasteiger partial charge in [-0.3, -0.25) is 0 Å². The summed E-state index contributed by atoms with van der Waals surface area (Å²) in [4.78, 5) is 0. The first kappa shape index (κ1) is 15.2. The number of ether oxygens (including phenoxy) is 2. The summed E-state index contributed by atoms with van der Waals surface area (Å²) in [6.45, 7) is 12.4. The number of rotatable bonds is 6. The van der Waals surface area contributed by atoms with Crippen molar-refractivity contribution in [3.8, 4) is 11.5 Å². The SMILES string of the molecule is CC(C)C(CNCc1cccc2c1OCCO2)C(C)C. The average Bonchev–Trinajstić information content (AvgIpc) is 2.42. The second-order valence-electron chi connectivity index (χ2n) is 6.22. The Morgan fingerprint density at radius 1 is 1.05 bits per heavy atom. The van der Waals surface area contributed by atoms with Crippen LogP contribution >= 0.6 is 0 Å². The van der Waals surface area contributed by atoms with E-state index >= 15 is 0 Å². The van der Waals surface area contributed by atoms with E-state index in [-0.39, 0.29) is 0 Å². The molecule has 0 spiro atoms. The van der Waals surface area contributed by atoms with Gasteiger partial charge in [0.15, 0.2) is 11.5 Å². The molecule has 1 aliphatic rings. The van der Waals surface area contributed by atoms with Gasteiger partial charge in [-0.1, -0.05) is 39.8 Å². The molecule has 0 fully saturated rings. The van der Waals surface area contributed by atoms with Crippen LogP contribution in [0.25, 0.3) is 0 Å². The van der Waals surface area contributed by atoms with E-state index in [0.717, 1.165) is 24.6 Å². The summed E-state index contributed by atoms with van der Waals surface area (Å²) >= 11 is 0. The molecule has 0 atom stereocenters. The highest BCUT2D eigenvalue weighted by molar-refractivity contribution is 5.47. The summed E-state index contributed by atoms with van der Waals surface area (Å²) < 4.78 is 11.4. The Labute approximate surface area is 122 Å². The second-order valence-corrected chi connectivity index (χ2v) is 6.22. The van der Waals surface area contributed by atoms with Gasteiger partial charge in [-0.15, -0.1) is 0 Å². The molecule has 3 heteroatoms. The molecule has 0 amide bonds. The first-order valence-corrected chi connectivity index (χ1v) is 7.67. The number of para-hydroxylation sites is 1. The van der Waals surface area contributed by atoms with Crippen LogP contribution in [-0.2, 0) is 6.54 Å². The van der Waals surface area contributed by atoms with Gasteiger partial charge in [0.25, 0.3) is 0 Å². The van der Waals surface area contributed by atoms with Crippen molar-refractivity contribution in [2.75, 3.05) is 19.8 Å². The van der Waals surface area contributed by atoms with Gasteiger partial charge in [0, 0.05) is 12.1 Å². The van der Waals surface area contributed by atoms with Gasteiger partial charge >= 0.3 is 0 Å². The van der Waals surface area contributed by atoms with Crippen LogP contribution in [0.5, 0.6) is 11.5 Å². The number of fused-ring (bicyclic) bond motifs is 1. The maximum atomic E-state index is 5.74. The third-order valence-electron chi connectivity index (χ3n) is 4.06. The summed E-state index contributed by atoms with van der Waals surface area (Å²) in [5.74, 6) is 3.89. The topological polar surface area (TPSA) is 30.5 Å². The maximum Gasteiger partial charge on any atom is 0.165 e. The van der Waals surface area contributed by atoms with Gasteiger partial charge in [-0.2, -0.15) is 0 Å². The number of nitrogens with one attached hydrogen (secondary N) is 1. The fourth-order valence-corrected chi connectivity index (χ4v) is 2.89. The Balaban J connectivity index is 1.94. The van der Waals surface area contributed by atoms with Crippen LogP contribution in [-0.4, -0.2) is 19.8 Å².